The number of furan rings is 1. The fourth-order valence-electron chi connectivity index (χ4n) is 3.74. The first-order valence-corrected chi connectivity index (χ1v) is 11.7. The summed E-state index contributed by atoms with van der Waals surface area (Å²) in [5, 5.41) is 7.99. The summed E-state index contributed by atoms with van der Waals surface area (Å²) >= 11 is 6.07. The summed E-state index contributed by atoms with van der Waals surface area (Å²) in [5.74, 6) is 2.11. The van der Waals surface area contributed by atoms with Gasteiger partial charge in [0, 0.05) is 29.4 Å². The smallest absolute Gasteiger partial charge is 0.250 e. The first-order valence-electron chi connectivity index (χ1n) is 11.3. The van der Waals surface area contributed by atoms with Gasteiger partial charge in [-0.25, -0.2) is 9.82 Å². The van der Waals surface area contributed by atoms with Crippen LogP contribution in [0.25, 0.3) is 11.3 Å². The Morgan fingerprint density at radius 2 is 1.74 bits per heavy atom. The summed E-state index contributed by atoms with van der Waals surface area (Å²) in [7, 11) is 0. The molecule has 2 aromatic carbocycles. The monoisotopic (exact) mass is 491 g/mol. The van der Waals surface area contributed by atoms with Crippen molar-refractivity contribution < 1.29 is 8.81 Å². The summed E-state index contributed by atoms with van der Waals surface area (Å²) in [6.45, 7) is 1.75. The number of halogens is 2. The number of aromatic nitrogens is 3. The quantitative estimate of drug-likeness (QED) is 0.238. The second-order valence-electron chi connectivity index (χ2n) is 8.04. The lowest BCUT2D eigenvalue weighted by Crippen LogP contribution is -2.31. The molecule has 2 N–H and O–H groups in total. The second-order valence-corrected chi connectivity index (χ2v) is 8.48. The molecule has 35 heavy (non-hydrogen) atoms. The molecule has 0 amide bonds. The number of rotatable bonds is 7. The SMILES string of the molecule is Fc1ccc(Nc2nc(N/N=C\c3ccc(-c4cccc(Cl)c4)o3)nc(N3CCCCC3)n2)cc1. The number of nitrogens with one attached hydrogen (secondary N) is 2. The highest BCUT2D eigenvalue weighted by atomic mass is 35.5. The van der Waals surface area contributed by atoms with Crippen LogP contribution in [-0.2, 0) is 0 Å². The summed E-state index contributed by atoms with van der Waals surface area (Å²) in [6.07, 6.45) is 4.91. The topological polar surface area (TPSA) is 91.5 Å². The molecule has 178 valence electrons. The van der Waals surface area contributed by atoms with Gasteiger partial charge in [-0.05, 0) is 67.8 Å². The first-order chi connectivity index (χ1) is 17.1. The van der Waals surface area contributed by atoms with Crippen LogP contribution in [-0.4, -0.2) is 34.3 Å². The first kappa shape index (κ1) is 22.8. The van der Waals surface area contributed by atoms with E-state index in [9.17, 15) is 4.39 Å². The molecule has 4 aromatic rings. The van der Waals surface area contributed by atoms with Crippen LogP contribution in [0.1, 0.15) is 25.0 Å². The predicted octanol–water partition coefficient (Wildman–Crippen LogP) is 6.10. The van der Waals surface area contributed by atoms with E-state index in [-0.39, 0.29) is 11.8 Å². The van der Waals surface area contributed by atoms with Crippen molar-refractivity contribution >= 4 is 41.3 Å². The van der Waals surface area contributed by atoms with Crippen molar-refractivity contribution in [3.8, 4) is 11.3 Å². The molecule has 0 atom stereocenters. The van der Waals surface area contributed by atoms with E-state index in [1.54, 1.807) is 18.3 Å². The maximum absolute atomic E-state index is 13.3. The molecule has 0 saturated carbocycles. The van der Waals surface area contributed by atoms with E-state index in [2.05, 4.69) is 35.7 Å². The number of anilines is 4. The zero-order chi connectivity index (χ0) is 24.0. The van der Waals surface area contributed by atoms with Crippen molar-refractivity contribution in [2.45, 2.75) is 19.3 Å². The Morgan fingerprint density at radius 3 is 2.54 bits per heavy atom. The predicted molar refractivity (Wildman–Crippen MR) is 136 cm³/mol. The van der Waals surface area contributed by atoms with E-state index in [0.717, 1.165) is 31.5 Å². The Labute approximate surface area is 206 Å². The minimum Gasteiger partial charge on any atom is -0.455 e. The molecule has 1 saturated heterocycles. The van der Waals surface area contributed by atoms with Crippen molar-refractivity contribution in [2.75, 3.05) is 28.7 Å². The van der Waals surface area contributed by atoms with Crippen molar-refractivity contribution in [2.24, 2.45) is 5.10 Å². The van der Waals surface area contributed by atoms with Crippen molar-refractivity contribution in [3.63, 3.8) is 0 Å². The summed E-state index contributed by atoms with van der Waals surface area (Å²) < 4.78 is 19.1. The Bertz CT molecular complexity index is 1320. The fourth-order valence-corrected chi connectivity index (χ4v) is 3.93. The standard InChI is InChI=1S/C25H23ClFN7O/c26-18-6-4-5-17(15-18)22-12-11-21(35-22)16-28-33-24-30-23(29-20-9-7-19(27)8-10-20)31-25(32-24)34-13-2-1-3-14-34/h4-12,15-16H,1-3,13-14H2,(H2,29,30,31,32,33)/b28-16-. The zero-order valence-electron chi connectivity index (χ0n) is 18.8. The van der Waals surface area contributed by atoms with Crippen LogP contribution in [0.2, 0.25) is 5.02 Å². The largest absolute Gasteiger partial charge is 0.455 e. The van der Waals surface area contributed by atoms with Gasteiger partial charge < -0.3 is 14.6 Å². The Balaban J connectivity index is 1.34. The number of hydrazone groups is 1. The second kappa shape index (κ2) is 10.5. The molecular weight excluding hydrogens is 469 g/mol. The molecule has 1 fully saturated rings. The third kappa shape index (κ3) is 5.93. The third-order valence-corrected chi connectivity index (χ3v) is 5.69. The molecule has 0 unspecified atom stereocenters. The molecular formula is C25H23ClFN7O. The fraction of sp³-hybridized carbons (Fsp3) is 0.200. The molecule has 0 radical (unpaired) electrons. The van der Waals surface area contributed by atoms with Gasteiger partial charge >= 0.3 is 0 Å². The summed E-state index contributed by atoms with van der Waals surface area (Å²) in [5.41, 5.74) is 4.41. The maximum Gasteiger partial charge on any atom is 0.250 e. The van der Waals surface area contributed by atoms with Gasteiger partial charge in [0.25, 0.3) is 0 Å². The van der Waals surface area contributed by atoms with E-state index in [0.29, 0.717) is 34.1 Å². The van der Waals surface area contributed by atoms with Crippen LogP contribution in [0.4, 0.5) is 27.9 Å². The van der Waals surface area contributed by atoms with Gasteiger partial charge in [-0.1, -0.05) is 23.7 Å². The van der Waals surface area contributed by atoms with E-state index in [4.69, 9.17) is 16.0 Å². The highest BCUT2D eigenvalue weighted by Gasteiger charge is 2.16. The Kier molecular flexibility index (Phi) is 6.85. The Morgan fingerprint density at radius 1 is 0.943 bits per heavy atom. The minimum absolute atomic E-state index is 0.281. The van der Waals surface area contributed by atoms with Crippen LogP contribution in [0.5, 0.6) is 0 Å². The summed E-state index contributed by atoms with van der Waals surface area (Å²) in [4.78, 5) is 15.6. The average molecular weight is 492 g/mol. The van der Waals surface area contributed by atoms with Crippen LogP contribution in [0.3, 0.4) is 0 Å². The number of nitrogens with zero attached hydrogens (tertiary/aromatic N) is 5. The van der Waals surface area contributed by atoms with Gasteiger partial charge in [-0.15, -0.1) is 0 Å². The van der Waals surface area contributed by atoms with E-state index >= 15 is 0 Å². The molecule has 2 aromatic heterocycles. The van der Waals surface area contributed by atoms with Crippen molar-refractivity contribution in [1.82, 2.24) is 15.0 Å². The van der Waals surface area contributed by atoms with Crippen molar-refractivity contribution in [3.05, 3.63) is 77.3 Å². The molecule has 3 heterocycles. The van der Waals surface area contributed by atoms with E-state index in [1.165, 1.54) is 18.6 Å². The molecule has 5 rings (SSSR count). The van der Waals surface area contributed by atoms with Crippen molar-refractivity contribution in [1.29, 1.82) is 0 Å². The average Bonchev–Trinajstić information content (AvgIpc) is 3.35. The van der Waals surface area contributed by atoms with Crippen LogP contribution in [0.15, 0.2) is 70.2 Å². The maximum atomic E-state index is 13.3. The number of piperidine rings is 1. The third-order valence-electron chi connectivity index (χ3n) is 5.46. The summed E-state index contributed by atoms with van der Waals surface area (Å²) in [6, 6.07) is 17.1. The van der Waals surface area contributed by atoms with Gasteiger partial charge in [-0.2, -0.15) is 20.1 Å². The molecule has 8 nitrogen and oxygen atoms in total. The normalized spacial score (nSPS) is 13.8. The molecule has 0 spiro atoms. The van der Waals surface area contributed by atoms with E-state index in [1.807, 2.05) is 36.4 Å². The number of hydrogen-bond donors (Lipinski definition) is 2. The number of benzene rings is 2. The molecule has 1 aliphatic heterocycles. The lowest BCUT2D eigenvalue weighted by atomic mass is 10.1. The lowest BCUT2D eigenvalue weighted by molar-refractivity contribution is 0.568. The van der Waals surface area contributed by atoms with Gasteiger partial charge in [0.2, 0.25) is 17.8 Å². The molecule has 0 aliphatic carbocycles. The van der Waals surface area contributed by atoms with Crippen LogP contribution in [0, 0.1) is 5.82 Å². The van der Waals surface area contributed by atoms with Gasteiger partial charge in [-0.3, -0.25) is 0 Å². The molecule has 1 aliphatic rings. The highest BCUT2D eigenvalue weighted by molar-refractivity contribution is 6.30. The van der Waals surface area contributed by atoms with Crippen LogP contribution >= 0.6 is 11.6 Å². The van der Waals surface area contributed by atoms with Gasteiger partial charge in [0.05, 0.1) is 6.21 Å². The van der Waals surface area contributed by atoms with Gasteiger partial charge in [0.1, 0.15) is 17.3 Å². The number of hydrogen-bond acceptors (Lipinski definition) is 8. The Hall–Kier alpha value is -3.98. The molecule has 10 heteroatoms. The van der Waals surface area contributed by atoms with E-state index < -0.39 is 0 Å². The van der Waals surface area contributed by atoms with Crippen LogP contribution < -0.4 is 15.6 Å². The zero-order valence-corrected chi connectivity index (χ0v) is 19.5. The highest BCUT2D eigenvalue weighted by Crippen LogP contribution is 2.25. The lowest BCUT2D eigenvalue weighted by Gasteiger charge is -2.26. The minimum atomic E-state index is -0.312. The molecule has 0 bridgehead atoms. The van der Waals surface area contributed by atoms with Gasteiger partial charge in [0.15, 0.2) is 0 Å².